The number of likely N-dealkylation sites (N-methyl/N-ethyl adjacent to an activating group) is 1. The van der Waals surface area contributed by atoms with Gasteiger partial charge < -0.3 is 15.8 Å². The smallest absolute Gasteiger partial charge is 0.173 e. The summed E-state index contributed by atoms with van der Waals surface area (Å²) in [4.78, 5) is 10.8. The molecule has 0 aliphatic rings. The number of oxime groups is 1. The molecule has 110 valence electrons. The van der Waals surface area contributed by atoms with Crippen molar-refractivity contribution < 1.29 is 5.21 Å². The van der Waals surface area contributed by atoms with Crippen molar-refractivity contribution in [1.82, 2.24) is 9.97 Å². The molecule has 2 heterocycles. The van der Waals surface area contributed by atoms with Crippen LogP contribution in [0.3, 0.4) is 0 Å². The Morgan fingerprint density at radius 2 is 2.14 bits per heavy atom. The molecule has 6 heteroatoms. The van der Waals surface area contributed by atoms with Crippen molar-refractivity contribution in [1.29, 1.82) is 0 Å². The minimum absolute atomic E-state index is 0.0576. The minimum atomic E-state index is 0.0576. The van der Waals surface area contributed by atoms with Gasteiger partial charge in [-0.05, 0) is 31.2 Å². The average molecular weight is 285 g/mol. The van der Waals surface area contributed by atoms with Crippen LogP contribution >= 0.6 is 0 Å². The topological polar surface area (TPSA) is 87.6 Å². The molecule has 2 aromatic heterocycles. The third-order valence-corrected chi connectivity index (χ3v) is 3.19. The SMILES string of the molecule is Cc1ccc(C(N)=NO)c(N(C)CCc2ccccn2)n1. The van der Waals surface area contributed by atoms with Crippen LogP contribution < -0.4 is 10.6 Å². The van der Waals surface area contributed by atoms with Crippen LogP contribution in [-0.4, -0.2) is 34.6 Å². The zero-order chi connectivity index (χ0) is 15.2. The molecule has 0 fully saturated rings. The van der Waals surface area contributed by atoms with Crippen LogP contribution in [0.4, 0.5) is 5.82 Å². The molecule has 0 aliphatic carbocycles. The molecule has 6 nitrogen and oxygen atoms in total. The highest BCUT2D eigenvalue weighted by Crippen LogP contribution is 2.17. The monoisotopic (exact) mass is 285 g/mol. The Morgan fingerprint density at radius 3 is 2.81 bits per heavy atom. The molecule has 0 bridgehead atoms. The van der Waals surface area contributed by atoms with Crippen molar-refractivity contribution >= 4 is 11.7 Å². The summed E-state index contributed by atoms with van der Waals surface area (Å²) in [6.45, 7) is 2.64. The lowest BCUT2D eigenvalue weighted by atomic mass is 10.2. The molecular weight excluding hydrogens is 266 g/mol. The Balaban J connectivity index is 2.18. The van der Waals surface area contributed by atoms with Gasteiger partial charge in [0.1, 0.15) is 5.82 Å². The summed E-state index contributed by atoms with van der Waals surface area (Å²) >= 11 is 0. The van der Waals surface area contributed by atoms with Gasteiger partial charge in [0.2, 0.25) is 0 Å². The number of aryl methyl sites for hydroxylation is 1. The molecule has 0 amide bonds. The second kappa shape index (κ2) is 6.69. The van der Waals surface area contributed by atoms with Gasteiger partial charge in [-0.15, -0.1) is 0 Å². The van der Waals surface area contributed by atoms with E-state index in [-0.39, 0.29) is 5.84 Å². The normalized spacial score (nSPS) is 11.4. The summed E-state index contributed by atoms with van der Waals surface area (Å²) in [7, 11) is 1.93. The molecule has 0 spiro atoms. The van der Waals surface area contributed by atoms with Crippen molar-refractivity contribution in [3.63, 3.8) is 0 Å². The van der Waals surface area contributed by atoms with E-state index in [1.165, 1.54) is 0 Å². The van der Waals surface area contributed by atoms with E-state index in [0.29, 0.717) is 11.4 Å². The van der Waals surface area contributed by atoms with Gasteiger partial charge in [0.15, 0.2) is 5.84 Å². The number of nitrogens with two attached hydrogens (primary N) is 1. The predicted molar refractivity (Wildman–Crippen MR) is 82.7 cm³/mol. The molecule has 21 heavy (non-hydrogen) atoms. The highest BCUT2D eigenvalue weighted by Gasteiger charge is 2.13. The van der Waals surface area contributed by atoms with E-state index < -0.39 is 0 Å². The Kier molecular flexibility index (Phi) is 4.71. The van der Waals surface area contributed by atoms with E-state index in [1.54, 1.807) is 6.20 Å². The zero-order valence-electron chi connectivity index (χ0n) is 12.2. The second-order valence-electron chi connectivity index (χ2n) is 4.80. The number of anilines is 1. The Bertz CT molecular complexity index is 627. The van der Waals surface area contributed by atoms with Gasteiger partial charge in [-0.3, -0.25) is 4.98 Å². The third kappa shape index (κ3) is 3.68. The van der Waals surface area contributed by atoms with Crippen LogP contribution in [-0.2, 0) is 6.42 Å². The van der Waals surface area contributed by atoms with Crippen LogP contribution in [0.15, 0.2) is 41.7 Å². The van der Waals surface area contributed by atoms with Gasteiger partial charge >= 0.3 is 0 Å². The molecular formula is C15H19N5O. The number of aromatic nitrogens is 2. The number of amidine groups is 1. The largest absolute Gasteiger partial charge is 0.409 e. The first-order chi connectivity index (χ1) is 10.1. The standard InChI is InChI=1S/C15H19N5O/c1-11-6-7-13(14(16)19-21)15(18-11)20(2)10-8-12-5-3-4-9-17-12/h3-7,9,21H,8,10H2,1-2H3,(H2,16,19). The molecule has 2 aromatic rings. The molecule has 3 N–H and O–H groups in total. The summed E-state index contributed by atoms with van der Waals surface area (Å²) < 4.78 is 0. The summed E-state index contributed by atoms with van der Waals surface area (Å²) in [5.74, 6) is 0.753. The molecule has 0 radical (unpaired) electrons. The summed E-state index contributed by atoms with van der Waals surface area (Å²) in [5.41, 5.74) is 8.22. The van der Waals surface area contributed by atoms with Crippen molar-refractivity contribution in [2.75, 3.05) is 18.5 Å². The first-order valence-corrected chi connectivity index (χ1v) is 6.68. The van der Waals surface area contributed by atoms with Crippen molar-refractivity contribution in [2.24, 2.45) is 10.9 Å². The van der Waals surface area contributed by atoms with Gasteiger partial charge in [0, 0.05) is 37.6 Å². The van der Waals surface area contributed by atoms with Crippen LogP contribution in [0.2, 0.25) is 0 Å². The van der Waals surface area contributed by atoms with Gasteiger partial charge in [-0.2, -0.15) is 0 Å². The van der Waals surface area contributed by atoms with Gasteiger partial charge in [0.25, 0.3) is 0 Å². The third-order valence-electron chi connectivity index (χ3n) is 3.19. The predicted octanol–water partition coefficient (Wildman–Crippen LogP) is 1.56. The molecule has 2 rings (SSSR count). The Hall–Kier alpha value is -2.63. The fraction of sp³-hybridized carbons (Fsp3) is 0.267. The lowest BCUT2D eigenvalue weighted by molar-refractivity contribution is 0.318. The Labute approximate surface area is 123 Å². The van der Waals surface area contributed by atoms with E-state index in [9.17, 15) is 0 Å². The number of hydrogen-bond donors (Lipinski definition) is 2. The van der Waals surface area contributed by atoms with Gasteiger partial charge in [-0.1, -0.05) is 11.2 Å². The number of hydrogen-bond acceptors (Lipinski definition) is 5. The maximum absolute atomic E-state index is 8.88. The lowest BCUT2D eigenvalue weighted by Gasteiger charge is -2.21. The van der Waals surface area contributed by atoms with E-state index >= 15 is 0 Å². The first-order valence-electron chi connectivity index (χ1n) is 6.68. The summed E-state index contributed by atoms with van der Waals surface area (Å²) in [5, 5.41) is 11.9. The number of rotatable bonds is 5. The van der Waals surface area contributed by atoms with E-state index in [0.717, 1.165) is 24.4 Å². The molecule has 0 unspecified atom stereocenters. The van der Waals surface area contributed by atoms with Crippen LogP contribution in [0.1, 0.15) is 17.0 Å². The summed E-state index contributed by atoms with van der Waals surface area (Å²) in [6, 6.07) is 9.50. The number of nitrogens with zero attached hydrogens (tertiary/aromatic N) is 4. The van der Waals surface area contributed by atoms with Crippen LogP contribution in [0, 0.1) is 6.92 Å². The maximum Gasteiger partial charge on any atom is 0.173 e. The maximum atomic E-state index is 8.88. The first kappa shape index (κ1) is 14.8. The average Bonchev–Trinajstić information content (AvgIpc) is 2.52. The van der Waals surface area contributed by atoms with Gasteiger partial charge in [0.05, 0.1) is 5.56 Å². The van der Waals surface area contributed by atoms with Crippen LogP contribution in [0.5, 0.6) is 0 Å². The van der Waals surface area contributed by atoms with Crippen molar-refractivity contribution in [2.45, 2.75) is 13.3 Å². The van der Waals surface area contributed by atoms with Crippen molar-refractivity contribution in [3.8, 4) is 0 Å². The van der Waals surface area contributed by atoms with Gasteiger partial charge in [-0.25, -0.2) is 4.98 Å². The second-order valence-corrected chi connectivity index (χ2v) is 4.80. The summed E-state index contributed by atoms with van der Waals surface area (Å²) in [6.07, 6.45) is 2.57. The fourth-order valence-electron chi connectivity index (χ4n) is 2.02. The fourth-order valence-corrected chi connectivity index (χ4v) is 2.02. The van der Waals surface area contributed by atoms with Crippen LogP contribution in [0.25, 0.3) is 0 Å². The minimum Gasteiger partial charge on any atom is -0.409 e. The highest BCUT2D eigenvalue weighted by atomic mass is 16.4. The Morgan fingerprint density at radius 1 is 1.33 bits per heavy atom. The molecule has 0 saturated heterocycles. The number of pyridine rings is 2. The van der Waals surface area contributed by atoms with E-state index in [1.807, 2.05) is 49.2 Å². The quantitative estimate of drug-likeness (QED) is 0.377. The zero-order valence-corrected chi connectivity index (χ0v) is 12.2. The van der Waals surface area contributed by atoms with E-state index in [4.69, 9.17) is 10.9 Å². The highest BCUT2D eigenvalue weighted by molar-refractivity contribution is 6.01. The molecule has 0 atom stereocenters. The molecule has 0 aliphatic heterocycles. The lowest BCUT2D eigenvalue weighted by Crippen LogP contribution is -2.26. The van der Waals surface area contributed by atoms with E-state index in [2.05, 4.69) is 15.1 Å². The molecule has 0 aromatic carbocycles. The molecule has 0 saturated carbocycles. The van der Waals surface area contributed by atoms with Crippen molar-refractivity contribution in [3.05, 3.63) is 53.5 Å².